The lowest BCUT2D eigenvalue weighted by atomic mass is 10.1. The molecule has 0 atom stereocenters. The van der Waals surface area contributed by atoms with E-state index < -0.39 is 11.8 Å². The topological polar surface area (TPSA) is 127 Å². The molecule has 0 bridgehead atoms. The minimum Gasteiger partial charge on any atom is -0.490 e. The number of benzene rings is 2. The smallest absolute Gasteiger partial charge is 0.329 e. The fraction of sp³-hybridized carbons (Fsp3) is 0.407. The van der Waals surface area contributed by atoms with Crippen LogP contribution in [0.1, 0.15) is 43.9 Å². The van der Waals surface area contributed by atoms with Gasteiger partial charge in [0.05, 0.1) is 22.5 Å². The van der Waals surface area contributed by atoms with Crippen LogP contribution in [0.4, 0.5) is 5.69 Å². The van der Waals surface area contributed by atoms with Gasteiger partial charge in [0.15, 0.2) is 18.1 Å². The van der Waals surface area contributed by atoms with Crippen molar-refractivity contribution >= 4 is 52.2 Å². The third-order valence-corrected chi connectivity index (χ3v) is 6.00. The van der Waals surface area contributed by atoms with Crippen LogP contribution in [0, 0.1) is 17.4 Å². The lowest BCUT2D eigenvalue weighted by Gasteiger charge is -2.15. The van der Waals surface area contributed by atoms with Crippen LogP contribution in [-0.2, 0) is 19.1 Å². The Bertz CT molecular complexity index is 1150. The van der Waals surface area contributed by atoms with Crippen LogP contribution < -0.4 is 25.5 Å². The number of amides is 3. The van der Waals surface area contributed by atoms with Gasteiger partial charge in [0.2, 0.25) is 0 Å². The van der Waals surface area contributed by atoms with Gasteiger partial charge in [-0.05, 0) is 98.5 Å². The highest BCUT2D eigenvalue weighted by Gasteiger charge is 2.15. The maximum atomic E-state index is 12.5. The number of nitrogens with one attached hydrogen (secondary N) is 3. The van der Waals surface area contributed by atoms with Gasteiger partial charge in [-0.2, -0.15) is 5.10 Å². The molecular weight excluding hydrogens is 603 g/mol. The zero-order valence-corrected chi connectivity index (χ0v) is 24.5. The number of hydrogen-bond acceptors (Lipinski definition) is 7. The Hall–Kier alpha value is -3.19. The van der Waals surface area contributed by atoms with Crippen molar-refractivity contribution in [1.29, 1.82) is 0 Å². The summed E-state index contributed by atoms with van der Waals surface area (Å²) in [6, 6.07) is 9.14. The second-order valence-corrected chi connectivity index (χ2v) is 9.74. The van der Waals surface area contributed by atoms with Crippen molar-refractivity contribution in [3.05, 3.63) is 50.6 Å². The molecule has 0 aliphatic rings. The van der Waals surface area contributed by atoms with E-state index >= 15 is 0 Å². The van der Waals surface area contributed by atoms with Gasteiger partial charge >= 0.3 is 11.8 Å². The summed E-state index contributed by atoms with van der Waals surface area (Å²) < 4.78 is 17.6. The number of hydrazone groups is 1. The minimum atomic E-state index is -0.874. The van der Waals surface area contributed by atoms with E-state index in [1.807, 2.05) is 52.8 Å². The van der Waals surface area contributed by atoms with E-state index in [4.69, 9.17) is 14.2 Å². The van der Waals surface area contributed by atoms with Crippen LogP contribution in [0.3, 0.4) is 0 Å². The Kier molecular flexibility index (Phi) is 13.0. The molecule has 2 rings (SSSR count). The standard InChI is InChI=1S/C27H35IN4O6/c1-6-36-23-14-20(15-30-32-27(35)26(34)29-11-8-12-37-17(2)3)13-21(28)25(23)38-16-24(33)31-22-10-7-9-18(4)19(22)5/h7,9-10,13-15,17H,6,8,11-12,16H2,1-5H3,(H,29,34)(H,31,33)(H,32,35)/b30-15-. The number of aryl methyl sites for hydroxylation is 1. The molecule has 0 unspecified atom stereocenters. The van der Waals surface area contributed by atoms with Crippen LogP contribution in [0.5, 0.6) is 11.5 Å². The molecule has 0 aliphatic carbocycles. The van der Waals surface area contributed by atoms with Gasteiger partial charge in [0, 0.05) is 18.8 Å². The number of hydrogen-bond donors (Lipinski definition) is 3. The van der Waals surface area contributed by atoms with Gasteiger partial charge in [-0.1, -0.05) is 12.1 Å². The number of ether oxygens (including phenoxy) is 3. The van der Waals surface area contributed by atoms with Crippen LogP contribution in [0.2, 0.25) is 0 Å². The summed E-state index contributed by atoms with van der Waals surface area (Å²) in [5.41, 5.74) is 5.63. The number of rotatable bonds is 13. The van der Waals surface area contributed by atoms with Gasteiger partial charge < -0.3 is 24.8 Å². The molecule has 38 heavy (non-hydrogen) atoms. The van der Waals surface area contributed by atoms with Gasteiger partial charge in [-0.25, -0.2) is 5.43 Å². The van der Waals surface area contributed by atoms with Gasteiger partial charge in [0.25, 0.3) is 5.91 Å². The monoisotopic (exact) mass is 638 g/mol. The second-order valence-electron chi connectivity index (χ2n) is 8.58. The quantitative estimate of drug-likeness (QED) is 0.101. The van der Waals surface area contributed by atoms with Gasteiger partial charge in [0.1, 0.15) is 0 Å². The van der Waals surface area contributed by atoms with E-state index in [1.54, 1.807) is 12.1 Å². The third kappa shape index (κ3) is 10.3. The average molecular weight is 639 g/mol. The summed E-state index contributed by atoms with van der Waals surface area (Å²) in [5, 5.41) is 9.25. The van der Waals surface area contributed by atoms with Crippen molar-refractivity contribution in [3.63, 3.8) is 0 Å². The first-order chi connectivity index (χ1) is 18.1. The van der Waals surface area contributed by atoms with Crippen LogP contribution in [0.15, 0.2) is 35.4 Å². The molecule has 0 saturated carbocycles. The molecule has 10 nitrogen and oxygen atoms in total. The van der Waals surface area contributed by atoms with Crippen LogP contribution in [0.25, 0.3) is 0 Å². The van der Waals surface area contributed by atoms with Gasteiger partial charge in [-0.15, -0.1) is 0 Å². The fourth-order valence-electron chi connectivity index (χ4n) is 3.17. The van der Waals surface area contributed by atoms with Crippen molar-refractivity contribution in [2.75, 3.05) is 31.7 Å². The third-order valence-electron chi connectivity index (χ3n) is 5.20. The van der Waals surface area contributed by atoms with Crippen molar-refractivity contribution < 1.29 is 28.6 Å². The number of carbonyl (C=O) groups excluding carboxylic acids is 3. The Labute approximate surface area is 237 Å². The number of halogens is 1. The summed E-state index contributed by atoms with van der Waals surface area (Å²) in [4.78, 5) is 36.4. The summed E-state index contributed by atoms with van der Waals surface area (Å²) in [7, 11) is 0. The molecule has 3 N–H and O–H groups in total. The lowest BCUT2D eigenvalue weighted by molar-refractivity contribution is -0.139. The Balaban J connectivity index is 1.95. The molecule has 0 aliphatic heterocycles. The zero-order chi connectivity index (χ0) is 28.1. The van der Waals surface area contributed by atoms with Crippen LogP contribution in [-0.4, -0.2) is 56.4 Å². The highest BCUT2D eigenvalue weighted by atomic mass is 127. The lowest BCUT2D eigenvalue weighted by Crippen LogP contribution is -2.38. The van der Waals surface area contributed by atoms with E-state index in [9.17, 15) is 14.4 Å². The molecular formula is C27H35IN4O6. The number of nitrogens with zero attached hydrogens (tertiary/aromatic N) is 1. The molecule has 206 valence electrons. The molecule has 0 heterocycles. The molecule has 0 fully saturated rings. The van der Waals surface area contributed by atoms with Crippen molar-refractivity contribution in [3.8, 4) is 11.5 Å². The average Bonchev–Trinajstić information content (AvgIpc) is 2.86. The first-order valence-corrected chi connectivity index (χ1v) is 13.4. The molecule has 3 amide bonds. The predicted molar refractivity (Wildman–Crippen MR) is 155 cm³/mol. The predicted octanol–water partition coefficient (Wildman–Crippen LogP) is 3.71. The molecule has 0 radical (unpaired) electrons. The summed E-state index contributed by atoms with van der Waals surface area (Å²) >= 11 is 2.07. The number of anilines is 1. The van der Waals surface area contributed by atoms with E-state index in [1.165, 1.54) is 6.21 Å². The molecule has 2 aromatic rings. The van der Waals surface area contributed by atoms with Crippen LogP contribution >= 0.6 is 22.6 Å². The number of carbonyl (C=O) groups is 3. The highest BCUT2D eigenvalue weighted by molar-refractivity contribution is 14.1. The zero-order valence-electron chi connectivity index (χ0n) is 22.4. The van der Waals surface area contributed by atoms with E-state index in [0.29, 0.717) is 46.8 Å². The maximum absolute atomic E-state index is 12.5. The fourth-order valence-corrected chi connectivity index (χ4v) is 3.95. The largest absolute Gasteiger partial charge is 0.490 e. The first-order valence-electron chi connectivity index (χ1n) is 12.3. The van der Waals surface area contributed by atoms with Crippen molar-refractivity contribution in [2.24, 2.45) is 5.10 Å². The molecule has 0 spiro atoms. The molecule has 2 aromatic carbocycles. The molecule has 11 heteroatoms. The summed E-state index contributed by atoms with van der Waals surface area (Å²) in [5.74, 6) is -1.10. The maximum Gasteiger partial charge on any atom is 0.329 e. The van der Waals surface area contributed by atoms with E-state index in [2.05, 4.69) is 43.8 Å². The molecule has 0 saturated heterocycles. The van der Waals surface area contributed by atoms with E-state index in [0.717, 1.165) is 16.8 Å². The Morgan fingerprint density at radius 3 is 2.58 bits per heavy atom. The Morgan fingerprint density at radius 1 is 1.11 bits per heavy atom. The minimum absolute atomic E-state index is 0.114. The first kappa shape index (κ1) is 31.0. The summed E-state index contributed by atoms with van der Waals surface area (Å²) in [6.45, 7) is 10.6. The summed E-state index contributed by atoms with van der Waals surface area (Å²) in [6.07, 6.45) is 2.10. The SMILES string of the molecule is CCOc1cc(/C=N\NC(=O)C(=O)NCCCOC(C)C)cc(I)c1OCC(=O)Nc1cccc(C)c1C. The van der Waals surface area contributed by atoms with Crippen molar-refractivity contribution in [1.82, 2.24) is 10.7 Å². The normalized spacial score (nSPS) is 10.9. The van der Waals surface area contributed by atoms with Crippen molar-refractivity contribution in [2.45, 2.75) is 47.1 Å². The van der Waals surface area contributed by atoms with Gasteiger partial charge in [-0.3, -0.25) is 14.4 Å². The highest BCUT2D eigenvalue weighted by Crippen LogP contribution is 2.34. The Morgan fingerprint density at radius 2 is 1.87 bits per heavy atom. The second kappa shape index (κ2) is 15.9. The van der Waals surface area contributed by atoms with E-state index in [-0.39, 0.29) is 18.6 Å². The molecule has 0 aromatic heterocycles.